The number of hydrogen-bond acceptors (Lipinski definition) is 1. The summed E-state index contributed by atoms with van der Waals surface area (Å²) >= 11 is 12.1. The largest absolute Gasteiger partial charge is 0.292 e. The van der Waals surface area contributed by atoms with E-state index in [0.29, 0.717) is 21.9 Å². The lowest BCUT2D eigenvalue weighted by molar-refractivity contribution is 0.615. The molecule has 108 valence electrons. The molecule has 21 heavy (non-hydrogen) atoms. The van der Waals surface area contributed by atoms with Crippen LogP contribution in [0.2, 0.25) is 5.02 Å². The summed E-state index contributed by atoms with van der Waals surface area (Å²) in [6.07, 6.45) is 0. The second-order valence-corrected chi connectivity index (χ2v) is 5.74. The minimum atomic E-state index is -0.485. The first-order valence-electron chi connectivity index (χ1n) is 6.25. The molecule has 0 aliphatic rings. The van der Waals surface area contributed by atoms with E-state index in [0.717, 1.165) is 0 Å². The number of nitrogens with zero attached hydrogens (tertiary/aromatic N) is 2. The molecule has 0 amide bonds. The molecule has 0 saturated carbocycles. The monoisotopic (exact) mass is 326 g/mol. The summed E-state index contributed by atoms with van der Waals surface area (Å²) in [5.74, 6) is -0.486. The van der Waals surface area contributed by atoms with Crippen LogP contribution in [0.5, 0.6) is 0 Å². The Morgan fingerprint density at radius 3 is 2.62 bits per heavy atom. The molecule has 3 rings (SSSR count). The van der Waals surface area contributed by atoms with Crippen LogP contribution in [0.15, 0.2) is 36.4 Å². The van der Waals surface area contributed by atoms with Crippen molar-refractivity contribution < 1.29 is 8.78 Å². The van der Waals surface area contributed by atoms with Gasteiger partial charge in [0.05, 0.1) is 22.1 Å². The van der Waals surface area contributed by atoms with Crippen molar-refractivity contribution in [3.05, 3.63) is 58.9 Å². The number of hydrogen-bond donors (Lipinski definition) is 0. The lowest BCUT2D eigenvalue weighted by atomic mass is 10.2. The standard InChI is InChI=1S/C15H10Cl2F2N2/c1-8(16)15-20-12-5-3-10(18)7-14(12)21(15)13-6-9(17)2-4-11(13)19/h2-8H,1H3. The van der Waals surface area contributed by atoms with Crippen molar-refractivity contribution in [1.29, 1.82) is 0 Å². The number of alkyl halides is 1. The van der Waals surface area contributed by atoms with Gasteiger partial charge in [-0.25, -0.2) is 13.8 Å². The van der Waals surface area contributed by atoms with Gasteiger partial charge in [0.1, 0.15) is 17.5 Å². The average molecular weight is 327 g/mol. The lowest BCUT2D eigenvalue weighted by Gasteiger charge is -2.12. The molecule has 0 aliphatic heterocycles. The molecular weight excluding hydrogens is 317 g/mol. The van der Waals surface area contributed by atoms with Crippen molar-refractivity contribution in [3.63, 3.8) is 0 Å². The predicted molar refractivity (Wildman–Crippen MR) is 80.3 cm³/mol. The van der Waals surface area contributed by atoms with E-state index < -0.39 is 17.0 Å². The van der Waals surface area contributed by atoms with Gasteiger partial charge in [-0.1, -0.05) is 11.6 Å². The van der Waals surface area contributed by atoms with E-state index in [-0.39, 0.29) is 5.69 Å². The molecular formula is C15H10Cl2F2N2. The van der Waals surface area contributed by atoms with E-state index in [1.807, 2.05) is 0 Å². The van der Waals surface area contributed by atoms with Crippen molar-refractivity contribution in [2.24, 2.45) is 0 Å². The zero-order valence-corrected chi connectivity index (χ0v) is 12.5. The molecule has 1 aromatic heterocycles. The number of imidazole rings is 1. The highest BCUT2D eigenvalue weighted by molar-refractivity contribution is 6.30. The van der Waals surface area contributed by atoms with Crippen molar-refractivity contribution >= 4 is 34.2 Å². The van der Waals surface area contributed by atoms with E-state index >= 15 is 0 Å². The van der Waals surface area contributed by atoms with Crippen LogP contribution in [0.4, 0.5) is 8.78 Å². The topological polar surface area (TPSA) is 17.8 Å². The van der Waals surface area contributed by atoms with Gasteiger partial charge >= 0.3 is 0 Å². The van der Waals surface area contributed by atoms with E-state index in [2.05, 4.69) is 4.98 Å². The van der Waals surface area contributed by atoms with Gasteiger partial charge in [-0.05, 0) is 37.3 Å². The molecule has 0 fully saturated rings. The van der Waals surface area contributed by atoms with Crippen LogP contribution in [0.3, 0.4) is 0 Å². The Balaban J connectivity index is 2.41. The van der Waals surface area contributed by atoms with Crippen LogP contribution in [-0.4, -0.2) is 9.55 Å². The molecule has 0 N–H and O–H groups in total. The summed E-state index contributed by atoms with van der Waals surface area (Å²) in [6, 6.07) is 8.30. The van der Waals surface area contributed by atoms with Crippen LogP contribution in [0, 0.1) is 11.6 Å². The summed E-state index contributed by atoms with van der Waals surface area (Å²) in [7, 11) is 0. The van der Waals surface area contributed by atoms with Crippen LogP contribution in [-0.2, 0) is 0 Å². The first-order valence-corrected chi connectivity index (χ1v) is 7.06. The molecule has 0 saturated heterocycles. The van der Waals surface area contributed by atoms with Crippen LogP contribution < -0.4 is 0 Å². The van der Waals surface area contributed by atoms with E-state index in [1.54, 1.807) is 6.92 Å². The molecule has 1 heterocycles. The molecule has 2 aromatic carbocycles. The van der Waals surface area contributed by atoms with Crippen molar-refractivity contribution in [1.82, 2.24) is 9.55 Å². The molecule has 3 aromatic rings. The van der Waals surface area contributed by atoms with Gasteiger partial charge in [0.25, 0.3) is 0 Å². The lowest BCUT2D eigenvalue weighted by Crippen LogP contribution is -2.04. The number of halogens is 4. The van der Waals surface area contributed by atoms with Crippen molar-refractivity contribution in [2.45, 2.75) is 12.3 Å². The minimum Gasteiger partial charge on any atom is -0.292 e. The van der Waals surface area contributed by atoms with Crippen molar-refractivity contribution in [3.8, 4) is 5.69 Å². The maximum Gasteiger partial charge on any atom is 0.147 e. The number of fused-ring (bicyclic) bond motifs is 1. The van der Waals surface area contributed by atoms with E-state index in [9.17, 15) is 8.78 Å². The van der Waals surface area contributed by atoms with Gasteiger partial charge in [0.15, 0.2) is 0 Å². The second kappa shape index (κ2) is 5.28. The van der Waals surface area contributed by atoms with Gasteiger partial charge in [0, 0.05) is 11.1 Å². The van der Waals surface area contributed by atoms with Gasteiger partial charge in [0.2, 0.25) is 0 Å². The first kappa shape index (κ1) is 14.3. The fourth-order valence-corrected chi connectivity index (χ4v) is 2.56. The van der Waals surface area contributed by atoms with Gasteiger partial charge in [-0.15, -0.1) is 11.6 Å². The zero-order chi connectivity index (χ0) is 15.1. The molecule has 1 unspecified atom stereocenters. The molecule has 2 nitrogen and oxygen atoms in total. The first-order chi connectivity index (χ1) is 9.97. The fraction of sp³-hybridized carbons (Fsp3) is 0.133. The Bertz CT molecular complexity index is 828. The molecule has 0 bridgehead atoms. The van der Waals surface area contributed by atoms with Gasteiger partial charge in [-0.2, -0.15) is 0 Å². The van der Waals surface area contributed by atoms with Gasteiger partial charge in [-0.3, -0.25) is 4.57 Å². The molecule has 1 atom stereocenters. The normalized spacial score (nSPS) is 12.8. The summed E-state index contributed by atoms with van der Waals surface area (Å²) in [4.78, 5) is 4.36. The van der Waals surface area contributed by atoms with Crippen LogP contribution >= 0.6 is 23.2 Å². The van der Waals surface area contributed by atoms with Crippen LogP contribution in [0.1, 0.15) is 18.1 Å². The third-order valence-electron chi connectivity index (χ3n) is 3.15. The van der Waals surface area contributed by atoms with E-state index in [4.69, 9.17) is 23.2 Å². The fourth-order valence-electron chi connectivity index (χ4n) is 2.24. The second-order valence-electron chi connectivity index (χ2n) is 4.65. The summed E-state index contributed by atoms with van der Waals surface area (Å²) in [5.41, 5.74) is 1.18. The number of benzene rings is 2. The highest BCUT2D eigenvalue weighted by Gasteiger charge is 2.19. The third kappa shape index (κ3) is 2.49. The number of rotatable bonds is 2. The molecule has 0 radical (unpaired) electrons. The SMILES string of the molecule is CC(Cl)c1nc2ccc(F)cc2n1-c1cc(Cl)ccc1F. The Morgan fingerprint density at radius 1 is 1.14 bits per heavy atom. The Hall–Kier alpha value is -1.65. The molecule has 0 spiro atoms. The van der Waals surface area contributed by atoms with Crippen LogP contribution in [0.25, 0.3) is 16.7 Å². The van der Waals surface area contributed by atoms with Crippen molar-refractivity contribution in [2.75, 3.05) is 0 Å². The average Bonchev–Trinajstić information content (AvgIpc) is 2.80. The van der Waals surface area contributed by atoms with E-state index in [1.165, 1.54) is 41.0 Å². The smallest absolute Gasteiger partial charge is 0.147 e. The number of aromatic nitrogens is 2. The Kier molecular flexibility index (Phi) is 3.59. The predicted octanol–water partition coefficient (Wildman–Crippen LogP) is 5.26. The van der Waals surface area contributed by atoms with Gasteiger partial charge < -0.3 is 0 Å². The highest BCUT2D eigenvalue weighted by atomic mass is 35.5. The maximum absolute atomic E-state index is 14.2. The third-order valence-corrected chi connectivity index (χ3v) is 3.58. The Morgan fingerprint density at radius 2 is 1.90 bits per heavy atom. The molecule has 6 heteroatoms. The highest BCUT2D eigenvalue weighted by Crippen LogP contribution is 2.30. The summed E-state index contributed by atoms with van der Waals surface area (Å²) < 4.78 is 29.2. The summed E-state index contributed by atoms with van der Waals surface area (Å²) in [6.45, 7) is 1.72. The summed E-state index contributed by atoms with van der Waals surface area (Å²) in [5, 5.41) is -0.100. The Labute approximate surface area is 129 Å². The maximum atomic E-state index is 14.2. The quantitative estimate of drug-likeness (QED) is 0.587. The zero-order valence-electron chi connectivity index (χ0n) is 10.9. The molecule has 0 aliphatic carbocycles. The minimum absolute atomic E-state index is 0.193.